The van der Waals surface area contributed by atoms with Gasteiger partial charge in [-0.2, -0.15) is 0 Å². The number of amidine groups is 1. The van der Waals surface area contributed by atoms with Crippen LogP contribution in [0.5, 0.6) is 0 Å². The zero-order valence-electron chi connectivity index (χ0n) is 11.4. The lowest BCUT2D eigenvalue weighted by atomic mass is 10.2. The number of aliphatic hydroxyl groups is 1. The van der Waals surface area contributed by atoms with Crippen LogP contribution in [0, 0.1) is 0 Å². The van der Waals surface area contributed by atoms with Gasteiger partial charge in [0.25, 0.3) is 0 Å². The fourth-order valence-electron chi connectivity index (χ4n) is 2.43. The predicted octanol–water partition coefficient (Wildman–Crippen LogP) is 2.36. The van der Waals surface area contributed by atoms with E-state index in [1.165, 1.54) is 19.3 Å². The summed E-state index contributed by atoms with van der Waals surface area (Å²) in [5.41, 5.74) is 0. The third-order valence-corrected chi connectivity index (χ3v) is 3.66. The average molecular weight is 239 g/mol. The summed E-state index contributed by atoms with van der Waals surface area (Å²) >= 11 is 0. The molecular weight excluding hydrogens is 212 g/mol. The number of rotatable bonds is 8. The SMILES string of the molecule is CCCCC/C=C/C1=NCC[N+]1(CC)CCO. The molecule has 1 atom stereocenters. The zero-order chi connectivity index (χ0) is 12.6. The largest absolute Gasteiger partial charge is 0.390 e. The number of hydrogen-bond acceptors (Lipinski definition) is 2. The maximum Gasteiger partial charge on any atom is 0.222 e. The lowest BCUT2D eigenvalue weighted by molar-refractivity contribution is -0.832. The lowest BCUT2D eigenvalue weighted by Gasteiger charge is -2.31. The van der Waals surface area contributed by atoms with Crippen molar-refractivity contribution in [3.63, 3.8) is 0 Å². The summed E-state index contributed by atoms with van der Waals surface area (Å²) < 4.78 is 0.862. The van der Waals surface area contributed by atoms with Crippen LogP contribution in [0.1, 0.15) is 39.5 Å². The molecule has 1 heterocycles. The highest BCUT2D eigenvalue weighted by atomic mass is 16.3. The van der Waals surface area contributed by atoms with Crippen molar-refractivity contribution < 1.29 is 9.59 Å². The molecule has 1 N–H and O–H groups in total. The number of quaternary nitrogens is 1. The second-order valence-electron chi connectivity index (χ2n) is 4.77. The van der Waals surface area contributed by atoms with E-state index in [9.17, 15) is 5.11 Å². The molecule has 17 heavy (non-hydrogen) atoms. The minimum Gasteiger partial charge on any atom is -0.390 e. The fourth-order valence-corrected chi connectivity index (χ4v) is 2.43. The number of nitrogens with zero attached hydrogens (tertiary/aromatic N) is 2. The molecule has 0 aliphatic carbocycles. The molecule has 1 rings (SSSR count). The third kappa shape index (κ3) is 3.93. The first-order chi connectivity index (χ1) is 8.29. The van der Waals surface area contributed by atoms with Crippen LogP contribution in [0.3, 0.4) is 0 Å². The van der Waals surface area contributed by atoms with Gasteiger partial charge in [0.1, 0.15) is 13.1 Å². The minimum atomic E-state index is 0.247. The summed E-state index contributed by atoms with van der Waals surface area (Å²) in [5.74, 6) is 1.16. The van der Waals surface area contributed by atoms with E-state index in [1.54, 1.807) is 0 Å². The molecular formula is C14H27N2O+. The maximum atomic E-state index is 9.19. The average Bonchev–Trinajstić information content (AvgIpc) is 2.73. The Bertz CT molecular complexity index is 273. The number of aliphatic imine (C=N–C) groups is 1. The molecule has 0 spiro atoms. The molecule has 1 aliphatic heterocycles. The monoisotopic (exact) mass is 239 g/mol. The van der Waals surface area contributed by atoms with Gasteiger partial charge in [-0.05, 0) is 19.8 Å². The zero-order valence-corrected chi connectivity index (χ0v) is 11.4. The van der Waals surface area contributed by atoms with Gasteiger partial charge in [-0.25, -0.2) is 4.99 Å². The fraction of sp³-hybridized carbons (Fsp3) is 0.786. The normalized spacial score (nSPS) is 24.5. The first-order valence-electron chi connectivity index (χ1n) is 6.97. The highest BCUT2D eigenvalue weighted by molar-refractivity contribution is 5.88. The van der Waals surface area contributed by atoms with Gasteiger partial charge in [0.2, 0.25) is 5.84 Å². The molecule has 3 heteroatoms. The molecule has 0 aromatic heterocycles. The quantitative estimate of drug-likeness (QED) is 0.512. The van der Waals surface area contributed by atoms with Crippen molar-refractivity contribution in [3.8, 4) is 0 Å². The molecule has 1 aliphatic rings. The second kappa shape index (κ2) is 7.62. The van der Waals surface area contributed by atoms with Crippen molar-refractivity contribution in [1.82, 2.24) is 0 Å². The van der Waals surface area contributed by atoms with Gasteiger partial charge in [0.05, 0.1) is 19.7 Å². The van der Waals surface area contributed by atoms with E-state index in [-0.39, 0.29) is 6.61 Å². The third-order valence-electron chi connectivity index (χ3n) is 3.66. The van der Waals surface area contributed by atoms with Gasteiger partial charge in [0, 0.05) is 6.08 Å². The van der Waals surface area contributed by atoms with Crippen LogP contribution in [0.15, 0.2) is 17.1 Å². The van der Waals surface area contributed by atoms with Gasteiger partial charge in [0.15, 0.2) is 0 Å². The highest BCUT2D eigenvalue weighted by Gasteiger charge is 2.34. The van der Waals surface area contributed by atoms with E-state index in [0.717, 1.165) is 42.9 Å². The van der Waals surface area contributed by atoms with E-state index in [2.05, 4.69) is 31.0 Å². The topological polar surface area (TPSA) is 32.6 Å². The van der Waals surface area contributed by atoms with Gasteiger partial charge < -0.3 is 5.11 Å². The van der Waals surface area contributed by atoms with Crippen LogP contribution >= 0.6 is 0 Å². The Morgan fingerprint density at radius 2 is 2.18 bits per heavy atom. The van der Waals surface area contributed by atoms with E-state index >= 15 is 0 Å². The Labute approximate surface area is 105 Å². The molecule has 0 radical (unpaired) electrons. The van der Waals surface area contributed by atoms with Gasteiger partial charge in [-0.15, -0.1) is 0 Å². The molecule has 98 valence electrons. The first kappa shape index (κ1) is 14.4. The summed E-state index contributed by atoms with van der Waals surface area (Å²) in [5, 5.41) is 9.19. The molecule has 0 aromatic rings. The minimum absolute atomic E-state index is 0.247. The van der Waals surface area contributed by atoms with Gasteiger partial charge in [-0.1, -0.05) is 25.8 Å². The Morgan fingerprint density at radius 1 is 1.35 bits per heavy atom. The Morgan fingerprint density at radius 3 is 2.82 bits per heavy atom. The molecule has 0 fully saturated rings. The molecule has 0 aromatic carbocycles. The molecule has 0 saturated heterocycles. The first-order valence-corrected chi connectivity index (χ1v) is 6.97. The van der Waals surface area contributed by atoms with Crippen molar-refractivity contribution in [2.75, 3.05) is 32.8 Å². The number of aliphatic hydroxyl groups excluding tert-OH is 1. The van der Waals surface area contributed by atoms with Crippen molar-refractivity contribution in [2.45, 2.75) is 39.5 Å². The van der Waals surface area contributed by atoms with Crippen LogP contribution in [0.2, 0.25) is 0 Å². The van der Waals surface area contributed by atoms with Crippen LogP contribution in [0.25, 0.3) is 0 Å². The number of unbranched alkanes of at least 4 members (excludes halogenated alkanes) is 3. The summed E-state index contributed by atoms with van der Waals surface area (Å²) in [7, 11) is 0. The van der Waals surface area contributed by atoms with Crippen LogP contribution in [0.4, 0.5) is 0 Å². The number of allylic oxidation sites excluding steroid dienone is 1. The van der Waals surface area contributed by atoms with E-state index in [4.69, 9.17) is 0 Å². The van der Waals surface area contributed by atoms with E-state index in [1.807, 2.05) is 0 Å². The Hall–Kier alpha value is -0.670. The molecule has 3 nitrogen and oxygen atoms in total. The molecule has 0 amide bonds. The molecule has 0 saturated carbocycles. The predicted molar refractivity (Wildman–Crippen MR) is 73.2 cm³/mol. The van der Waals surface area contributed by atoms with Crippen LogP contribution in [-0.4, -0.2) is 48.2 Å². The van der Waals surface area contributed by atoms with Crippen LogP contribution in [-0.2, 0) is 0 Å². The van der Waals surface area contributed by atoms with Crippen molar-refractivity contribution in [1.29, 1.82) is 0 Å². The summed E-state index contributed by atoms with van der Waals surface area (Å²) in [6, 6.07) is 0. The smallest absolute Gasteiger partial charge is 0.222 e. The Kier molecular flexibility index (Phi) is 6.45. The second-order valence-corrected chi connectivity index (χ2v) is 4.77. The summed E-state index contributed by atoms with van der Waals surface area (Å²) in [6.45, 7) is 8.43. The molecule has 0 bridgehead atoms. The number of likely N-dealkylation sites (N-methyl/N-ethyl adjacent to an activating group) is 1. The van der Waals surface area contributed by atoms with E-state index < -0.39 is 0 Å². The van der Waals surface area contributed by atoms with Gasteiger partial charge in [-0.3, -0.25) is 4.48 Å². The van der Waals surface area contributed by atoms with Crippen LogP contribution < -0.4 is 0 Å². The van der Waals surface area contributed by atoms with Crippen molar-refractivity contribution >= 4 is 5.84 Å². The van der Waals surface area contributed by atoms with E-state index in [0.29, 0.717) is 0 Å². The van der Waals surface area contributed by atoms with Gasteiger partial charge >= 0.3 is 0 Å². The summed E-state index contributed by atoms with van der Waals surface area (Å²) in [4.78, 5) is 4.59. The van der Waals surface area contributed by atoms with Crippen molar-refractivity contribution in [2.24, 2.45) is 4.99 Å². The van der Waals surface area contributed by atoms with Crippen molar-refractivity contribution in [3.05, 3.63) is 12.2 Å². The lowest BCUT2D eigenvalue weighted by Crippen LogP contribution is -2.51. The molecule has 1 unspecified atom stereocenters. The Balaban J connectivity index is 2.50. The maximum absolute atomic E-state index is 9.19. The number of hydrogen-bond donors (Lipinski definition) is 1. The standard InChI is InChI=1S/C14H27N2O/c1-3-5-6-7-8-9-14-15-10-11-16(14,4-2)12-13-17/h8-9,17H,3-7,10-13H2,1-2H3/q+1/b9-8+. The summed E-state index contributed by atoms with van der Waals surface area (Å²) in [6.07, 6.45) is 9.43. The highest BCUT2D eigenvalue weighted by Crippen LogP contribution is 2.16.